The molecule has 0 atom stereocenters. The van der Waals surface area contributed by atoms with E-state index in [-0.39, 0.29) is 22.7 Å². The molecule has 22 heavy (non-hydrogen) atoms. The van der Waals surface area contributed by atoms with Gasteiger partial charge in [0.05, 0.1) is 17.6 Å². The number of fused-ring (bicyclic) bond motifs is 1. The summed E-state index contributed by atoms with van der Waals surface area (Å²) in [5, 5.41) is 13.5. The molecule has 0 fully saturated rings. The standard InChI is InChI=1S/C15H16ClN5O/c1-15(2,3)21-18-13(17-19-21)9-20-12-7-5-4-6-10(12)8-11(16)14(20)22/h4-8H,9H2,1-3H3. The van der Waals surface area contributed by atoms with Crippen LogP contribution in [0.2, 0.25) is 5.02 Å². The Morgan fingerprint density at radius 3 is 2.64 bits per heavy atom. The minimum absolute atomic E-state index is 0.182. The van der Waals surface area contributed by atoms with Crippen molar-refractivity contribution in [2.45, 2.75) is 32.9 Å². The molecule has 0 aliphatic heterocycles. The van der Waals surface area contributed by atoms with Crippen LogP contribution in [0.5, 0.6) is 0 Å². The molecule has 1 aromatic carbocycles. The molecule has 6 nitrogen and oxygen atoms in total. The van der Waals surface area contributed by atoms with Gasteiger partial charge in [-0.25, -0.2) is 0 Å². The number of hydrogen-bond acceptors (Lipinski definition) is 4. The van der Waals surface area contributed by atoms with E-state index in [0.29, 0.717) is 5.82 Å². The van der Waals surface area contributed by atoms with Gasteiger partial charge >= 0.3 is 0 Å². The number of benzene rings is 1. The first kappa shape index (κ1) is 14.7. The zero-order chi connectivity index (χ0) is 15.9. The van der Waals surface area contributed by atoms with Gasteiger partial charge in [0, 0.05) is 0 Å². The van der Waals surface area contributed by atoms with Crippen LogP contribution in [0.4, 0.5) is 0 Å². The predicted octanol–water partition coefficient (Wildman–Crippen LogP) is 2.44. The first-order valence-electron chi connectivity index (χ1n) is 6.94. The Labute approximate surface area is 132 Å². The molecule has 3 rings (SSSR count). The van der Waals surface area contributed by atoms with Gasteiger partial charge in [0.1, 0.15) is 5.02 Å². The van der Waals surface area contributed by atoms with Crippen molar-refractivity contribution in [3.8, 4) is 0 Å². The van der Waals surface area contributed by atoms with Crippen molar-refractivity contribution in [2.24, 2.45) is 0 Å². The average molecular weight is 318 g/mol. The second-order valence-corrected chi connectivity index (χ2v) is 6.52. The number of tetrazole rings is 1. The molecule has 0 saturated carbocycles. The van der Waals surface area contributed by atoms with E-state index in [4.69, 9.17) is 11.6 Å². The van der Waals surface area contributed by atoms with Crippen LogP contribution in [-0.4, -0.2) is 24.8 Å². The normalized spacial score (nSPS) is 12.0. The van der Waals surface area contributed by atoms with Gasteiger partial charge in [-0.3, -0.25) is 9.36 Å². The number of pyridine rings is 1. The van der Waals surface area contributed by atoms with Crippen molar-refractivity contribution >= 4 is 22.5 Å². The maximum Gasteiger partial charge on any atom is 0.270 e. The Kier molecular flexibility index (Phi) is 3.48. The molecule has 7 heteroatoms. The Hall–Kier alpha value is -2.21. The van der Waals surface area contributed by atoms with Gasteiger partial charge in [-0.15, -0.1) is 10.2 Å². The van der Waals surface area contributed by atoms with Crippen LogP contribution in [0.3, 0.4) is 0 Å². The van der Waals surface area contributed by atoms with Gasteiger partial charge in [-0.2, -0.15) is 4.80 Å². The van der Waals surface area contributed by atoms with Crippen LogP contribution in [-0.2, 0) is 12.1 Å². The summed E-state index contributed by atoms with van der Waals surface area (Å²) in [6.07, 6.45) is 0. The first-order valence-corrected chi connectivity index (χ1v) is 7.31. The summed E-state index contributed by atoms with van der Waals surface area (Å²) < 4.78 is 1.57. The van der Waals surface area contributed by atoms with E-state index in [1.54, 1.807) is 15.4 Å². The van der Waals surface area contributed by atoms with Gasteiger partial charge in [0.25, 0.3) is 5.56 Å². The Morgan fingerprint density at radius 2 is 1.95 bits per heavy atom. The zero-order valence-corrected chi connectivity index (χ0v) is 13.4. The minimum Gasteiger partial charge on any atom is -0.299 e. The van der Waals surface area contributed by atoms with Crippen molar-refractivity contribution in [2.75, 3.05) is 0 Å². The molecule has 0 saturated heterocycles. The fourth-order valence-corrected chi connectivity index (χ4v) is 2.40. The van der Waals surface area contributed by atoms with Gasteiger partial charge < -0.3 is 0 Å². The quantitative estimate of drug-likeness (QED) is 0.728. The summed E-state index contributed by atoms with van der Waals surface area (Å²) in [5.74, 6) is 0.476. The molecule has 0 spiro atoms. The van der Waals surface area contributed by atoms with Crippen molar-refractivity contribution in [1.82, 2.24) is 24.8 Å². The van der Waals surface area contributed by atoms with E-state index < -0.39 is 0 Å². The molecule has 114 valence electrons. The van der Waals surface area contributed by atoms with Crippen LogP contribution in [0.15, 0.2) is 35.1 Å². The lowest BCUT2D eigenvalue weighted by Crippen LogP contribution is -2.25. The molecule has 2 aromatic heterocycles. The smallest absolute Gasteiger partial charge is 0.270 e. The van der Waals surface area contributed by atoms with Crippen molar-refractivity contribution < 1.29 is 0 Å². The second-order valence-electron chi connectivity index (χ2n) is 6.11. The van der Waals surface area contributed by atoms with Crippen LogP contribution >= 0.6 is 11.6 Å². The fraction of sp³-hybridized carbons (Fsp3) is 0.333. The molecule has 0 N–H and O–H groups in total. The number of rotatable bonds is 2. The highest BCUT2D eigenvalue weighted by molar-refractivity contribution is 6.31. The topological polar surface area (TPSA) is 65.6 Å². The third-order valence-electron chi connectivity index (χ3n) is 3.31. The summed E-state index contributed by atoms with van der Waals surface area (Å²) in [6, 6.07) is 9.25. The maximum atomic E-state index is 12.3. The molecule has 0 amide bonds. The third-order valence-corrected chi connectivity index (χ3v) is 3.58. The molecule has 0 radical (unpaired) electrons. The number of halogens is 1. The summed E-state index contributed by atoms with van der Waals surface area (Å²) in [7, 11) is 0. The van der Waals surface area contributed by atoms with E-state index >= 15 is 0 Å². The summed E-state index contributed by atoms with van der Waals surface area (Å²) >= 11 is 6.04. The highest BCUT2D eigenvalue weighted by Gasteiger charge is 2.18. The van der Waals surface area contributed by atoms with E-state index in [0.717, 1.165) is 10.9 Å². The highest BCUT2D eigenvalue weighted by atomic mass is 35.5. The van der Waals surface area contributed by atoms with E-state index in [1.165, 1.54) is 0 Å². The molecule has 0 aliphatic carbocycles. The first-order chi connectivity index (χ1) is 10.4. The van der Waals surface area contributed by atoms with Crippen molar-refractivity contribution in [1.29, 1.82) is 0 Å². The lowest BCUT2D eigenvalue weighted by Gasteiger charge is -2.15. The molecular weight excluding hydrogens is 302 g/mol. The van der Waals surface area contributed by atoms with Crippen LogP contribution in [0.25, 0.3) is 10.9 Å². The third kappa shape index (κ3) is 2.62. The lowest BCUT2D eigenvalue weighted by atomic mass is 10.1. The molecule has 2 heterocycles. The summed E-state index contributed by atoms with van der Waals surface area (Å²) in [4.78, 5) is 13.9. The van der Waals surface area contributed by atoms with Crippen molar-refractivity contribution in [3.05, 3.63) is 51.5 Å². The van der Waals surface area contributed by atoms with Crippen LogP contribution in [0, 0.1) is 0 Å². The van der Waals surface area contributed by atoms with Gasteiger partial charge in [-0.1, -0.05) is 29.8 Å². The Morgan fingerprint density at radius 1 is 1.23 bits per heavy atom. The molecule has 0 aliphatic rings. The molecular formula is C15H16ClN5O. The minimum atomic E-state index is -0.257. The Bertz CT molecular complexity index is 891. The number of para-hydroxylation sites is 1. The average Bonchev–Trinajstić information content (AvgIpc) is 2.92. The predicted molar refractivity (Wildman–Crippen MR) is 85.1 cm³/mol. The zero-order valence-electron chi connectivity index (χ0n) is 12.6. The van der Waals surface area contributed by atoms with Gasteiger partial charge in [0.2, 0.25) is 0 Å². The van der Waals surface area contributed by atoms with Gasteiger partial charge in [0.15, 0.2) is 5.82 Å². The molecule has 0 unspecified atom stereocenters. The SMILES string of the molecule is CC(C)(C)n1nnc(Cn2c(=O)c(Cl)cc3ccccc32)n1. The maximum absolute atomic E-state index is 12.3. The van der Waals surface area contributed by atoms with E-state index in [2.05, 4.69) is 15.4 Å². The van der Waals surface area contributed by atoms with E-state index in [1.807, 2.05) is 45.0 Å². The largest absolute Gasteiger partial charge is 0.299 e. The monoisotopic (exact) mass is 317 g/mol. The lowest BCUT2D eigenvalue weighted by molar-refractivity contribution is 0.305. The van der Waals surface area contributed by atoms with Crippen LogP contribution < -0.4 is 5.56 Å². The molecule has 3 aromatic rings. The summed E-state index contributed by atoms with van der Waals surface area (Å²) in [5.41, 5.74) is 0.281. The number of nitrogens with zero attached hydrogens (tertiary/aromatic N) is 5. The van der Waals surface area contributed by atoms with Crippen molar-refractivity contribution in [3.63, 3.8) is 0 Å². The Balaban J connectivity index is 2.09. The number of hydrogen-bond donors (Lipinski definition) is 0. The summed E-state index contributed by atoms with van der Waals surface area (Å²) in [6.45, 7) is 6.19. The van der Waals surface area contributed by atoms with E-state index in [9.17, 15) is 4.79 Å². The molecule has 0 bridgehead atoms. The van der Waals surface area contributed by atoms with Crippen LogP contribution in [0.1, 0.15) is 26.6 Å². The number of aromatic nitrogens is 5. The fourth-order valence-electron chi connectivity index (χ4n) is 2.18. The highest BCUT2D eigenvalue weighted by Crippen LogP contribution is 2.16. The second kappa shape index (κ2) is 5.21. The van der Waals surface area contributed by atoms with Gasteiger partial charge in [-0.05, 0) is 43.5 Å².